The summed E-state index contributed by atoms with van der Waals surface area (Å²) in [5, 5.41) is 4.43. The van der Waals surface area contributed by atoms with Gasteiger partial charge in [-0.15, -0.1) is 0 Å². The van der Waals surface area contributed by atoms with Crippen molar-refractivity contribution < 1.29 is 4.74 Å². The highest BCUT2D eigenvalue weighted by Gasteiger charge is 2.05. The summed E-state index contributed by atoms with van der Waals surface area (Å²) in [7, 11) is 1.68. The maximum Gasteiger partial charge on any atom is 0.127 e. The van der Waals surface area contributed by atoms with E-state index in [2.05, 4.69) is 5.10 Å². The zero-order valence-corrected chi connectivity index (χ0v) is 9.26. The Hall–Kier alpha value is -1.81. The van der Waals surface area contributed by atoms with Crippen molar-refractivity contribution >= 4 is 5.82 Å². The van der Waals surface area contributed by atoms with E-state index in [1.165, 1.54) is 0 Å². The molecule has 0 amide bonds. The molecule has 1 heterocycles. The van der Waals surface area contributed by atoms with Crippen LogP contribution in [0.1, 0.15) is 5.69 Å². The molecule has 0 aliphatic heterocycles. The Morgan fingerprint density at radius 3 is 2.75 bits per heavy atom. The van der Waals surface area contributed by atoms with Gasteiger partial charge < -0.3 is 10.5 Å². The largest absolute Gasteiger partial charge is 0.384 e. The van der Waals surface area contributed by atoms with Gasteiger partial charge in [0, 0.05) is 19.6 Å². The van der Waals surface area contributed by atoms with E-state index >= 15 is 0 Å². The third-order valence-corrected chi connectivity index (χ3v) is 2.35. The minimum Gasteiger partial charge on any atom is -0.384 e. The Kier molecular flexibility index (Phi) is 3.22. The first-order chi connectivity index (χ1) is 7.81. The second-order valence-electron chi connectivity index (χ2n) is 3.55. The van der Waals surface area contributed by atoms with Gasteiger partial charge >= 0.3 is 0 Å². The minimum absolute atomic E-state index is 0.650. The van der Waals surface area contributed by atoms with Crippen LogP contribution in [0.3, 0.4) is 0 Å². The van der Waals surface area contributed by atoms with Crippen LogP contribution in [0.2, 0.25) is 0 Å². The molecule has 4 nitrogen and oxygen atoms in total. The molecular formula is C12H15N3O. The summed E-state index contributed by atoms with van der Waals surface area (Å²) in [5.41, 5.74) is 7.83. The highest BCUT2D eigenvalue weighted by Crippen LogP contribution is 2.14. The molecule has 2 aromatic rings. The number of hydrogen-bond donors (Lipinski definition) is 1. The van der Waals surface area contributed by atoms with Gasteiger partial charge in [0.15, 0.2) is 0 Å². The number of nitrogens with two attached hydrogens (primary N) is 1. The minimum atomic E-state index is 0.650. The summed E-state index contributed by atoms with van der Waals surface area (Å²) >= 11 is 0. The summed E-state index contributed by atoms with van der Waals surface area (Å²) in [6.07, 6.45) is 0.778. The predicted molar refractivity (Wildman–Crippen MR) is 63.6 cm³/mol. The van der Waals surface area contributed by atoms with E-state index in [0.29, 0.717) is 12.4 Å². The van der Waals surface area contributed by atoms with E-state index in [1.54, 1.807) is 11.8 Å². The quantitative estimate of drug-likeness (QED) is 0.847. The molecule has 0 bridgehead atoms. The molecule has 84 valence electrons. The van der Waals surface area contributed by atoms with Gasteiger partial charge in [-0.05, 0) is 12.1 Å². The monoisotopic (exact) mass is 217 g/mol. The van der Waals surface area contributed by atoms with Crippen LogP contribution in [-0.2, 0) is 11.2 Å². The van der Waals surface area contributed by atoms with E-state index in [4.69, 9.17) is 10.5 Å². The Balaban J connectivity index is 2.25. The topological polar surface area (TPSA) is 53.1 Å². The fourth-order valence-electron chi connectivity index (χ4n) is 1.55. The van der Waals surface area contributed by atoms with Crippen molar-refractivity contribution in [3.8, 4) is 5.69 Å². The predicted octanol–water partition coefficient (Wildman–Crippen LogP) is 1.64. The van der Waals surface area contributed by atoms with Crippen molar-refractivity contribution in [3.05, 3.63) is 42.1 Å². The smallest absolute Gasteiger partial charge is 0.127 e. The fraction of sp³-hybridized carbons (Fsp3) is 0.250. The molecule has 0 radical (unpaired) electrons. The number of nitrogen functional groups attached to an aromatic ring is 1. The summed E-state index contributed by atoms with van der Waals surface area (Å²) in [6, 6.07) is 11.7. The molecule has 16 heavy (non-hydrogen) atoms. The summed E-state index contributed by atoms with van der Waals surface area (Å²) in [4.78, 5) is 0. The van der Waals surface area contributed by atoms with E-state index in [1.807, 2.05) is 36.4 Å². The number of nitrogens with zero attached hydrogens (tertiary/aromatic N) is 2. The van der Waals surface area contributed by atoms with Crippen LogP contribution in [0.5, 0.6) is 0 Å². The third-order valence-electron chi connectivity index (χ3n) is 2.35. The van der Waals surface area contributed by atoms with Crippen molar-refractivity contribution in [1.29, 1.82) is 0 Å². The molecule has 0 aliphatic rings. The molecule has 2 rings (SSSR count). The molecule has 0 saturated heterocycles. The molecule has 0 fully saturated rings. The van der Waals surface area contributed by atoms with Crippen LogP contribution < -0.4 is 5.73 Å². The van der Waals surface area contributed by atoms with Crippen LogP contribution in [-0.4, -0.2) is 23.5 Å². The fourth-order valence-corrected chi connectivity index (χ4v) is 1.55. The Labute approximate surface area is 94.6 Å². The van der Waals surface area contributed by atoms with Gasteiger partial charge in [0.1, 0.15) is 5.82 Å². The van der Waals surface area contributed by atoms with Gasteiger partial charge in [0.25, 0.3) is 0 Å². The lowest BCUT2D eigenvalue weighted by atomic mass is 10.3. The normalized spacial score (nSPS) is 10.6. The zero-order chi connectivity index (χ0) is 11.4. The Morgan fingerprint density at radius 1 is 1.31 bits per heavy atom. The van der Waals surface area contributed by atoms with Crippen molar-refractivity contribution in [2.24, 2.45) is 0 Å². The lowest BCUT2D eigenvalue weighted by molar-refractivity contribution is 0.201. The van der Waals surface area contributed by atoms with Crippen LogP contribution in [0.4, 0.5) is 5.82 Å². The van der Waals surface area contributed by atoms with Crippen molar-refractivity contribution in [3.63, 3.8) is 0 Å². The molecule has 1 aromatic heterocycles. The van der Waals surface area contributed by atoms with Gasteiger partial charge in [0.2, 0.25) is 0 Å². The number of rotatable bonds is 4. The molecule has 4 heteroatoms. The number of benzene rings is 1. The van der Waals surface area contributed by atoms with E-state index in [9.17, 15) is 0 Å². The molecule has 0 atom stereocenters. The Morgan fingerprint density at radius 2 is 2.06 bits per heavy atom. The molecule has 0 spiro atoms. The van der Waals surface area contributed by atoms with E-state index < -0.39 is 0 Å². The maximum atomic E-state index is 5.90. The summed E-state index contributed by atoms with van der Waals surface area (Å²) in [6.45, 7) is 0.658. The molecule has 0 unspecified atom stereocenters. The van der Waals surface area contributed by atoms with Gasteiger partial charge in [-0.2, -0.15) is 5.10 Å². The number of methoxy groups -OCH3 is 1. The van der Waals surface area contributed by atoms with Crippen molar-refractivity contribution in [1.82, 2.24) is 9.78 Å². The van der Waals surface area contributed by atoms with Gasteiger partial charge in [-0.25, -0.2) is 4.68 Å². The SMILES string of the molecule is COCCc1cc(N)n(-c2ccccc2)n1. The van der Waals surface area contributed by atoms with E-state index in [0.717, 1.165) is 17.8 Å². The van der Waals surface area contributed by atoms with Crippen LogP contribution >= 0.6 is 0 Å². The maximum absolute atomic E-state index is 5.90. The molecule has 0 saturated carbocycles. The zero-order valence-electron chi connectivity index (χ0n) is 9.26. The molecular weight excluding hydrogens is 202 g/mol. The number of hydrogen-bond acceptors (Lipinski definition) is 3. The van der Waals surface area contributed by atoms with Crippen LogP contribution in [0.15, 0.2) is 36.4 Å². The Bertz CT molecular complexity index is 451. The standard InChI is InChI=1S/C12H15N3O/c1-16-8-7-10-9-12(13)15(14-10)11-5-3-2-4-6-11/h2-6,9H,7-8,13H2,1H3. The number of aromatic nitrogens is 2. The first-order valence-corrected chi connectivity index (χ1v) is 5.20. The summed E-state index contributed by atoms with van der Waals surface area (Å²) in [5.74, 6) is 0.650. The van der Waals surface area contributed by atoms with Gasteiger partial charge in [0.05, 0.1) is 18.0 Å². The first-order valence-electron chi connectivity index (χ1n) is 5.20. The second-order valence-corrected chi connectivity index (χ2v) is 3.55. The van der Waals surface area contributed by atoms with Crippen LogP contribution in [0, 0.1) is 0 Å². The van der Waals surface area contributed by atoms with Crippen LogP contribution in [0.25, 0.3) is 5.69 Å². The lowest BCUT2D eigenvalue weighted by Crippen LogP contribution is -2.02. The summed E-state index contributed by atoms with van der Waals surface area (Å²) < 4.78 is 6.75. The first kappa shape index (κ1) is 10.7. The second kappa shape index (κ2) is 4.81. The number of ether oxygens (including phenoxy) is 1. The van der Waals surface area contributed by atoms with Gasteiger partial charge in [-0.1, -0.05) is 18.2 Å². The molecule has 1 aromatic carbocycles. The average molecular weight is 217 g/mol. The average Bonchev–Trinajstić information content (AvgIpc) is 2.69. The van der Waals surface area contributed by atoms with Crippen molar-refractivity contribution in [2.75, 3.05) is 19.5 Å². The van der Waals surface area contributed by atoms with Crippen molar-refractivity contribution in [2.45, 2.75) is 6.42 Å². The molecule has 0 aliphatic carbocycles. The lowest BCUT2D eigenvalue weighted by Gasteiger charge is -2.02. The number of para-hydroxylation sites is 1. The number of anilines is 1. The van der Waals surface area contributed by atoms with E-state index in [-0.39, 0.29) is 0 Å². The highest BCUT2D eigenvalue weighted by molar-refractivity contribution is 5.42. The third kappa shape index (κ3) is 2.23. The molecule has 2 N–H and O–H groups in total. The highest BCUT2D eigenvalue weighted by atomic mass is 16.5. The van der Waals surface area contributed by atoms with Gasteiger partial charge in [-0.3, -0.25) is 0 Å².